The maximum Gasteiger partial charge on any atom is 0.338 e. The van der Waals surface area contributed by atoms with Crippen molar-refractivity contribution in [2.24, 2.45) is 0 Å². The Kier molecular flexibility index (Phi) is 7.03. The number of nitrogens with one attached hydrogen (secondary N) is 2. The third-order valence-electron chi connectivity index (χ3n) is 3.52. The van der Waals surface area contributed by atoms with Gasteiger partial charge in [0.15, 0.2) is 0 Å². The van der Waals surface area contributed by atoms with Crippen LogP contribution in [0.25, 0.3) is 0 Å². The Morgan fingerprint density at radius 1 is 1.30 bits per heavy atom. The summed E-state index contributed by atoms with van der Waals surface area (Å²) in [6.07, 6.45) is 3.14. The van der Waals surface area contributed by atoms with Gasteiger partial charge in [0.05, 0.1) is 24.8 Å². The molecule has 0 radical (unpaired) electrons. The molecule has 1 fully saturated rings. The van der Waals surface area contributed by atoms with Crippen LogP contribution in [0, 0.1) is 0 Å². The lowest BCUT2D eigenvalue weighted by Crippen LogP contribution is -2.33. The van der Waals surface area contributed by atoms with E-state index in [-0.39, 0.29) is 24.5 Å². The molecule has 1 saturated heterocycles. The normalized spacial score (nSPS) is 17.0. The second-order valence-corrected chi connectivity index (χ2v) is 5.53. The number of esters is 1. The van der Waals surface area contributed by atoms with Crippen molar-refractivity contribution in [1.29, 1.82) is 0 Å². The van der Waals surface area contributed by atoms with Gasteiger partial charge in [0, 0.05) is 18.8 Å². The molecule has 1 aliphatic rings. The first-order valence-electron chi connectivity index (χ1n) is 8.08. The fourth-order valence-electron chi connectivity index (χ4n) is 2.32. The average Bonchev–Trinajstić information content (AvgIpc) is 3.06. The number of ether oxygens (including phenoxy) is 2. The molecule has 2 rings (SSSR count). The number of hydrogen-bond acceptors (Lipinski definition) is 5. The van der Waals surface area contributed by atoms with E-state index in [1.807, 2.05) is 6.92 Å². The summed E-state index contributed by atoms with van der Waals surface area (Å²) in [4.78, 5) is 23.5. The largest absolute Gasteiger partial charge is 0.462 e. The van der Waals surface area contributed by atoms with Crippen LogP contribution >= 0.6 is 0 Å². The molecule has 1 aromatic carbocycles. The van der Waals surface area contributed by atoms with Crippen LogP contribution in [0.5, 0.6) is 0 Å². The van der Waals surface area contributed by atoms with Gasteiger partial charge in [-0.15, -0.1) is 0 Å². The highest BCUT2D eigenvalue weighted by atomic mass is 16.5. The summed E-state index contributed by atoms with van der Waals surface area (Å²) < 4.78 is 10.5. The van der Waals surface area contributed by atoms with E-state index in [1.54, 1.807) is 24.3 Å². The van der Waals surface area contributed by atoms with Crippen LogP contribution in [0.2, 0.25) is 0 Å². The van der Waals surface area contributed by atoms with E-state index < -0.39 is 0 Å². The molecule has 0 saturated carbocycles. The second-order valence-electron chi connectivity index (χ2n) is 5.53. The standard InChI is InChI=1S/C17H24N2O4/c1-2-9-23-17(21)13-5-7-14(8-6-13)19-16(20)12-18-11-15-4-3-10-22-15/h5-8,15,18H,2-4,9-12H2,1H3,(H,19,20). The first kappa shape index (κ1) is 17.4. The monoisotopic (exact) mass is 320 g/mol. The van der Waals surface area contributed by atoms with E-state index in [0.29, 0.717) is 24.4 Å². The first-order chi connectivity index (χ1) is 11.2. The van der Waals surface area contributed by atoms with Gasteiger partial charge < -0.3 is 20.1 Å². The maximum absolute atomic E-state index is 11.8. The summed E-state index contributed by atoms with van der Waals surface area (Å²) in [5, 5.41) is 5.87. The third-order valence-corrected chi connectivity index (χ3v) is 3.52. The number of rotatable bonds is 8. The smallest absolute Gasteiger partial charge is 0.338 e. The van der Waals surface area contributed by atoms with Crippen molar-refractivity contribution in [2.75, 3.05) is 31.6 Å². The van der Waals surface area contributed by atoms with Crippen LogP contribution in [0.3, 0.4) is 0 Å². The SMILES string of the molecule is CCCOC(=O)c1ccc(NC(=O)CNCC2CCCO2)cc1. The molecule has 0 bridgehead atoms. The maximum atomic E-state index is 11.8. The quantitative estimate of drug-likeness (QED) is 0.716. The molecule has 126 valence electrons. The minimum atomic E-state index is -0.344. The van der Waals surface area contributed by atoms with Gasteiger partial charge in [0.1, 0.15) is 0 Å². The Hall–Kier alpha value is -1.92. The van der Waals surface area contributed by atoms with Gasteiger partial charge in [-0.25, -0.2) is 4.79 Å². The zero-order valence-corrected chi connectivity index (χ0v) is 13.5. The lowest BCUT2D eigenvalue weighted by atomic mass is 10.2. The summed E-state index contributed by atoms with van der Waals surface area (Å²) >= 11 is 0. The Morgan fingerprint density at radius 2 is 2.09 bits per heavy atom. The molecular formula is C17H24N2O4. The molecule has 0 aromatic heterocycles. The van der Waals surface area contributed by atoms with Crippen molar-refractivity contribution in [3.63, 3.8) is 0 Å². The summed E-state index contributed by atoms with van der Waals surface area (Å²) in [6, 6.07) is 6.68. The molecule has 1 heterocycles. The number of amides is 1. The highest BCUT2D eigenvalue weighted by molar-refractivity contribution is 5.93. The van der Waals surface area contributed by atoms with Crippen molar-refractivity contribution in [2.45, 2.75) is 32.3 Å². The van der Waals surface area contributed by atoms with Crippen LogP contribution in [0.1, 0.15) is 36.5 Å². The molecule has 23 heavy (non-hydrogen) atoms. The highest BCUT2D eigenvalue weighted by Crippen LogP contribution is 2.11. The number of carbonyl (C=O) groups is 2. The third kappa shape index (κ3) is 6.00. The average molecular weight is 320 g/mol. The number of carbonyl (C=O) groups excluding carboxylic acids is 2. The zero-order valence-electron chi connectivity index (χ0n) is 13.5. The fourth-order valence-corrected chi connectivity index (χ4v) is 2.32. The zero-order chi connectivity index (χ0) is 16.5. The van der Waals surface area contributed by atoms with Gasteiger partial charge in [0.2, 0.25) is 5.91 Å². The Balaban J connectivity index is 1.71. The molecule has 1 amide bonds. The van der Waals surface area contributed by atoms with Crippen LogP contribution in [-0.4, -0.2) is 44.3 Å². The predicted octanol–water partition coefficient (Wildman–Crippen LogP) is 1.96. The first-order valence-corrected chi connectivity index (χ1v) is 8.08. The Morgan fingerprint density at radius 3 is 2.74 bits per heavy atom. The van der Waals surface area contributed by atoms with Crippen molar-refractivity contribution in [1.82, 2.24) is 5.32 Å². The fraction of sp³-hybridized carbons (Fsp3) is 0.529. The van der Waals surface area contributed by atoms with E-state index in [1.165, 1.54) is 0 Å². The summed E-state index contributed by atoms with van der Waals surface area (Å²) in [6.45, 7) is 4.09. The Bertz CT molecular complexity index is 510. The minimum absolute atomic E-state index is 0.121. The minimum Gasteiger partial charge on any atom is -0.462 e. The molecule has 1 aliphatic heterocycles. The predicted molar refractivity (Wildman–Crippen MR) is 87.5 cm³/mol. The van der Waals surface area contributed by atoms with Gasteiger partial charge in [-0.1, -0.05) is 6.92 Å². The van der Waals surface area contributed by atoms with E-state index in [2.05, 4.69) is 10.6 Å². The molecule has 6 nitrogen and oxygen atoms in total. The summed E-state index contributed by atoms with van der Waals surface area (Å²) in [5.41, 5.74) is 1.13. The van der Waals surface area contributed by atoms with E-state index in [4.69, 9.17) is 9.47 Å². The topological polar surface area (TPSA) is 76.7 Å². The van der Waals surface area contributed by atoms with E-state index in [9.17, 15) is 9.59 Å². The number of benzene rings is 1. The lowest BCUT2D eigenvalue weighted by molar-refractivity contribution is -0.115. The van der Waals surface area contributed by atoms with E-state index >= 15 is 0 Å². The molecule has 2 N–H and O–H groups in total. The summed E-state index contributed by atoms with van der Waals surface area (Å²) in [5.74, 6) is -0.465. The van der Waals surface area contributed by atoms with Crippen molar-refractivity contribution < 1.29 is 19.1 Å². The molecular weight excluding hydrogens is 296 g/mol. The van der Waals surface area contributed by atoms with E-state index in [0.717, 1.165) is 25.9 Å². The summed E-state index contributed by atoms with van der Waals surface area (Å²) in [7, 11) is 0. The molecule has 6 heteroatoms. The molecule has 1 unspecified atom stereocenters. The van der Waals surface area contributed by atoms with Gasteiger partial charge in [0.25, 0.3) is 0 Å². The highest BCUT2D eigenvalue weighted by Gasteiger charge is 2.15. The molecule has 0 aliphatic carbocycles. The van der Waals surface area contributed by atoms with Gasteiger partial charge in [-0.05, 0) is 43.5 Å². The van der Waals surface area contributed by atoms with Crippen molar-refractivity contribution in [3.8, 4) is 0 Å². The van der Waals surface area contributed by atoms with Crippen LogP contribution in [0.15, 0.2) is 24.3 Å². The van der Waals surface area contributed by atoms with Gasteiger partial charge in [-0.3, -0.25) is 4.79 Å². The number of hydrogen-bond donors (Lipinski definition) is 2. The van der Waals surface area contributed by atoms with Gasteiger partial charge in [-0.2, -0.15) is 0 Å². The van der Waals surface area contributed by atoms with Crippen LogP contribution < -0.4 is 10.6 Å². The molecule has 1 aromatic rings. The lowest BCUT2D eigenvalue weighted by Gasteiger charge is -2.11. The molecule has 1 atom stereocenters. The van der Waals surface area contributed by atoms with Crippen LogP contribution in [-0.2, 0) is 14.3 Å². The van der Waals surface area contributed by atoms with Gasteiger partial charge >= 0.3 is 5.97 Å². The number of anilines is 1. The molecule has 0 spiro atoms. The van der Waals surface area contributed by atoms with Crippen molar-refractivity contribution >= 4 is 17.6 Å². The Labute approximate surface area is 136 Å². The van der Waals surface area contributed by atoms with Crippen molar-refractivity contribution in [3.05, 3.63) is 29.8 Å². The van der Waals surface area contributed by atoms with Crippen LogP contribution in [0.4, 0.5) is 5.69 Å². The second kappa shape index (κ2) is 9.27.